The zero-order valence-corrected chi connectivity index (χ0v) is 13.8. The van der Waals surface area contributed by atoms with Crippen LogP contribution in [0, 0.1) is 13.8 Å². The van der Waals surface area contributed by atoms with E-state index < -0.39 is 0 Å². The predicted molar refractivity (Wildman–Crippen MR) is 86.6 cm³/mol. The maximum atomic E-state index is 12.9. The molecule has 1 saturated heterocycles. The Labute approximate surface area is 139 Å². The van der Waals surface area contributed by atoms with Gasteiger partial charge in [0, 0.05) is 18.3 Å². The quantitative estimate of drug-likeness (QED) is 0.724. The van der Waals surface area contributed by atoms with Crippen molar-refractivity contribution in [2.75, 3.05) is 6.54 Å². The summed E-state index contributed by atoms with van der Waals surface area (Å²) in [6.45, 7) is 4.49. The lowest BCUT2D eigenvalue weighted by atomic mass is 9.98. The summed E-state index contributed by atoms with van der Waals surface area (Å²) in [5.74, 6) is 0.214. The number of piperidine rings is 1. The highest BCUT2D eigenvalue weighted by Gasteiger charge is 2.32. The topological polar surface area (TPSA) is 76.5 Å². The molecule has 0 aliphatic carbocycles. The van der Waals surface area contributed by atoms with Crippen LogP contribution in [0.5, 0.6) is 0 Å². The van der Waals surface area contributed by atoms with Gasteiger partial charge >= 0.3 is 0 Å². The molecular weight excluding hydrogens is 306 g/mol. The maximum Gasteiger partial charge on any atom is 0.292 e. The number of rotatable bonds is 2. The molecule has 7 nitrogen and oxygen atoms in total. The zero-order valence-electron chi connectivity index (χ0n) is 13.8. The van der Waals surface area contributed by atoms with Crippen LogP contribution in [0.3, 0.4) is 0 Å². The first-order chi connectivity index (χ1) is 11.6. The number of hydrogen-bond acceptors (Lipinski definition) is 5. The van der Waals surface area contributed by atoms with E-state index in [2.05, 4.69) is 10.1 Å². The normalized spacial score (nSPS) is 18.2. The molecule has 1 aliphatic heterocycles. The van der Waals surface area contributed by atoms with Gasteiger partial charge < -0.3 is 9.32 Å². The number of carbonyl (C=O) groups excluding carboxylic acids is 1. The Bertz CT molecular complexity index is 897. The third kappa shape index (κ3) is 2.36. The number of aromatic nitrogens is 4. The van der Waals surface area contributed by atoms with Gasteiger partial charge in [0.25, 0.3) is 5.91 Å². The van der Waals surface area contributed by atoms with Crippen LogP contribution < -0.4 is 0 Å². The molecule has 0 spiro atoms. The van der Waals surface area contributed by atoms with Crippen molar-refractivity contribution >= 4 is 11.6 Å². The van der Waals surface area contributed by atoms with Gasteiger partial charge in [-0.05, 0) is 39.2 Å². The zero-order chi connectivity index (χ0) is 16.7. The highest BCUT2D eigenvalue weighted by Crippen LogP contribution is 2.32. The lowest BCUT2D eigenvalue weighted by Crippen LogP contribution is -2.39. The summed E-state index contributed by atoms with van der Waals surface area (Å²) in [6.07, 6.45) is 6.02. The minimum absolute atomic E-state index is 0.0469. The Morgan fingerprint density at radius 1 is 1.33 bits per heavy atom. The fourth-order valence-electron chi connectivity index (χ4n) is 3.38. The fourth-order valence-corrected chi connectivity index (χ4v) is 3.38. The van der Waals surface area contributed by atoms with Gasteiger partial charge in [-0.25, -0.2) is 14.5 Å². The predicted octanol–water partition coefficient (Wildman–Crippen LogP) is 2.70. The first kappa shape index (κ1) is 14.9. The lowest BCUT2D eigenvalue weighted by Gasteiger charge is -2.35. The molecule has 0 bridgehead atoms. The third-order valence-corrected chi connectivity index (χ3v) is 4.60. The van der Waals surface area contributed by atoms with Crippen LogP contribution in [-0.4, -0.2) is 36.9 Å². The molecule has 0 saturated carbocycles. The Morgan fingerprint density at radius 3 is 3.00 bits per heavy atom. The van der Waals surface area contributed by atoms with E-state index >= 15 is 0 Å². The van der Waals surface area contributed by atoms with E-state index in [-0.39, 0.29) is 11.9 Å². The van der Waals surface area contributed by atoms with Crippen LogP contribution in [0.4, 0.5) is 0 Å². The molecule has 7 heteroatoms. The summed E-state index contributed by atoms with van der Waals surface area (Å²) in [5, 5.41) is 4.26. The second kappa shape index (κ2) is 5.74. The lowest BCUT2D eigenvalue weighted by molar-refractivity contribution is 0.0572. The molecule has 124 valence electrons. The Balaban J connectivity index is 1.73. The van der Waals surface area contributed by atoms with Crippen LogP contribution in [0.25, 0.3) is 5.65 Å². The Kier molecular flexibility index (Phi) is 3.55. The molecule has 1 amide bonds. The molecule has 4 rings (SSSR count). The van der Waals surface area contributed by atoms with Crippen molar-refractivity contribution in [1.82, 2.24) is 24.5 Å². The SMILES string of the molecule is Cc1ncoc1C(=O)N1CCCC[C@@H]1c1cc(C)n2nccc2n1. The van der Waals surface area contributed by atoms with E-state index in [0.717, 1.165) is 36.3 Å². The van der Waals surface area contributed by atoms with Crippen molar-refractivity contribution < 1.29 is 9.21 Å². The molecule has 0 unspecified atom stereocenters. The Hall–Kier alpha value is -2.70. The van der Waals surface area contributed by atoms with Crippen LogP contribution in [-0.2, 0) is 0 Å². The number of nitrogens with zero attached hydrogens (tertiary/aromatic N) is 5. The fraction of sp³-hybridized carbons (Fsp3) is 0.412. The van der Waals surface area contributed by atoms with E-state index in [4.69, 9.17) is 9.40 Å². The van der Waals surface area contributed by atoms with Crippen molar-refractivity contribution in [2.45, 2.75) is 39.2 Å². The smallest absolute Gasteiger partial charge is 0.292 e. The summed E-state index contributed by atoms with van der Waals surface area (Å²) >= 11 is 0. The number of aryl methyl sites for hydroxylation is 2. The maximum absolute atomic E-state index is 12.9. The standard InChI is InChI=1S/C17H19N5O2/c1-11-9-13(20-15-6-7-19-22(11)15)14-5-3-4-8-21(14)17(23)16-12(2)18-10-24-16/h6-7,9-10,14H,3-5,8H2,1-2H3/t14-/m1/s1. The van der Waals surface area contributed by atoms with Gasteiger partial charge in [-0.2, -0.15) is 5.10 Å². The number of amides is 1. The van der Waals surface area contributed by atoms with Gasteiger partial charge in [0.05, 0.1) is 23.6 Å². The molecule has 1 fully saturated rings. The van der Waals surface area contributed by atoms with Crippen molar-refractivity contribution in [2.24, 2.45) is 0 Å². The molecule has 3 aromatic rings. The number of carbonyl (C=O) groups is 1. The van der Waals surface area contributed by atoms with Crippen molar-refractivity contribution in [3.8, 4) is 0 Å². The highest BCUT2D eigenvalue weighted by molar-refractivity contribution is 5.92. The van der Waals surface area contributed by atoms with Crippen LogP contribution in [0.1, 0.15) is 52.9 Å². The largest absolute Gasteiger partial charge is 0.438 e. The van der Waals surface area contributed by atoms with Crippen molar-refractivity contribution in [3.05, 3.63) is 47.6 Å². The summed E-state index contributed by atoms with van der Waals surface area (Å²) in [5.41, 5.74) is 3.35. The molecule has 3 aromatic heterocycles. The summed E-state index contributed by atoms with van der Waals surface area (Å²) in [4.78, 5) is 23.5. The number of likely N-dealkylation sites (tertiary alicyclic amines) is 1. The van der Waals surface area contributed by atoms with Gasteiger partial charge in [0.15, 0.2) is 12.0 Å². The average molecular weight is 325 g/mol. The van der Waals surface area contributed by atoms with Crippen LogP contribution in [0.15, 0.2) is 29.1 Å². The van der Waals surface area contributed by atoms with Gasteiger partial charge in [0.1, 0.15) is 0 Å². The van der Waals surface area contributed by atoms with Gasteiger partial charge in [-0.15, -0.1) is 0 Å². The summed E-state index contributed by atoms with van der Waals surface area (Å²) in [6, 6.07) is 3.85. The molecule has 1 atom stereocenters. The molecule has 1 aliphatic rings. The minimum Gasteiger partial charge on any atom is -0.438 e. The third-order valence-electron chi connectivity index (χ3n) is 4.60. The first-order valence-electron chi connectivity index (χ1n) is 8.17. The molecule has 0 aromatic carbocycles. The van der Waals surface area contributed by atoms with Crippen LogP contribution >= 0.6 is 0 Å². The van der Waals surface area contributed by atoms with E-state index in [1.807, 2.05) is 24.0 Å². The van der Waals surface area contributed by atoms with Gasteiger partial charge in [0.2, 0.25) is 5.76 Å². The molecular formula is C17H19N5O2. The van der Waals surface area contributed by atoms with Crippen molar-refractivity contribution in [1.29, 1.82) is 0 Å². The monoisotopic (exact) mass is 325 g/mol. The second-order valence-corrected chi connectivity index (χ2v) is 6.20. The molecule has 24 heavy (non-hydrogen) atoms. The minimum atomic E-state index is -0.109. The van der Waals surface area contributed by atoms with Crippen LogP contribution in [0.2, 0.25) is 0 Å². The number of fused-ring (bicyclic) bond motifs is 1. The second-order valence-electron chi connectivity index (χ2n) is 6.20. The van der Waals surface area contributed by atoms with E-state index in [0.29, 0.717) is 18.0 Å². The molecule has 0 N–H and O–H groups in total. The van der Waals surface area contributed by atoms with Crippen molar-refractivity contribution in [3.63, 3.8) is 0 Å². The number of hydrogen-bond donors (Lipinski definition) is 0. The average Bonchev–Trinajstić information content (AvgIpc) is 3.23. The number of oxazole rings is 1. The van der Waals surface area contributed by atoms with E-state index in [9.17, 15) is 4.79 Å². The first-order valence-corrected chi connectivity index (χ1v) is 8.17. The van der Waals surface area contributed by atoms with E-state index in [1.54, 1.807) is 17.6 Å². The summed E-state index contributed by atoms with van der Waals surface area (Å²) < 4.78 is 7.11. The van der Waals surface area contributed by atoms with Gasteiger partial charge in [-0.3, -0.25) is 4.79 Å². The Morgan fingerprint density at radius 2 is 2.21 bits per heavy atom. The van der Waals surface area contributed by atoms with Gasteiger partial charge in [-0.1, -0.05) is 0 Å². The van der Waals surface area contributed by atoms with E-state index in [1.165, 1.54) is 6.39 Å². The molecule has 4 heterocycles. The highest BCUT2D eigenvalue weighted by atomic mass is 16.3. The summed E-state index contributed by atoms with van der Waals surface area (Å²) in [7, 11) is 0. The molecule has 0 radical (unpaired) electrons.